The van der Waals surface area contributed by atoms with Crippen LogP contribution in [0.5, 0.6) is 0 Å². The monoisotopic (exact) mass is 270 g/mol. The smallest absolute Gasteiger partial charge is 0.371 e. The average molecular weight is 271 g/mol. The molecule has 1 N–H and O–H groups in total. The molecular formula is C12H8Cl2O3. The van der Waals surface area contributed by atoms with Crippen molar-refractivity contribution in [3.8, 4) is 0 Å². The van der Waals surface area contributed by atoms with Gasteiger partial charge in [0, 0.05) is 16.5 Å². The van der Waals surface area contributed by atoms with Crippen LogP contribution >= 0.6 is 23.2 Å². The van der Waals surface area contributed by atoms with Gasteiger partial charge in [-0.05, 0) is 29.8 Å². The molecule has 0 fully saturated rings. The summed E-state index contributed by atoms with van der Waals surface area (Å²) in [5.74, 6) is -0.616. The predicted molar refractivity (Wildman–Crippen MR) is 64.9 cm³/mol. The maximum absolute atomic E-state index is 10.6. The van der Waals surface area contributed by atoms with Crippen molar-refractivity contribution in [2.45, 2.75) is 6.42 Å². The highest BCUT2D eigenvalue weighted by molar-refractivity contribution is 6.35. The van der Waals surface area contributed by atoms with E-state index in [-0.39, 0.29) is 5.76 Å². The number of furan rings is 1. The fraction of sp³-hybridized carbons (Fsp3) is 0.0833. The van der Waals surface area contributed by atoms with Gasteiger partial charge in [0.1, 0.15) is 5.76 Å². The molecule has 1 aromatic carbocycles. The summed E-state index contributed by atoms with van der Waals surface area (Å²) in [6, 6.07) is 8.19. The van der Waals surface area contributed by atoms with Gasteiger partial charge in [0.05, 0.1) is 0 Å². The number of carbonyl (C=O) groups is 1. The van der Waals surface area contributed by atoms with Gasteiger partial charge in [-0.3, -0.25) is 0 Å². The van der Waals surface area contributed by atoms with Crippen LogP contribution in [-0.2, 0) is 6.42 Å². The Bertz CT molecular complexity index is 561. The number of rotatable bonds is 3. The molecule has 0 unspecified atom stereocenters. The highest BCUT2D eigenvalue weighted by Gasteiger charge is 2.10. The van der Waals surface area contributed by atoms with E-state index in [4.69, 9.17) is 32.7 Å². The van der Waals surface area contributed by atoms with Crippen molar-refractivity contribution in [2.24, 2.45) is 0 Å². The summed E-state index contributed by atoms with van der Waals surface area (Å²) in [5.41, 5.74) is 0.836. The molecule has 0 aliphatic carbocycles. The Balaban J connectivity index is 2.22. The molecule has 0 spiro atoms. The second-order valence-electron chi connectivity index (χ2n) is 3.48. The van der Waals surface area contributed by atoms with Gasteiger partial charge < -0.3 is 9.52 Å². The van der Waals surface area contributed by atoms with Crippen molar-refractivity contribution >= 4 is 29.2 Å². The van der Waals surface area contributed by atoms with Gasteiger partial charge in [-0.2, -0.15) is 0 Å². The van der Waals surface area contributed by atoms with Crippen LogP contribution in [0.2, 0.25) is 10.0 Å². The molecule has 0 saturated carbocycles. The first-order valence-corrected chi connectivity index (χ1v) is 5.58. The first-order valence-electron chi connectivity index (χ1n) is 4.82. The third-order valence-corrected chi connectivity index (χ3v) is 2.84. The maximum atomic E-state index is 10.6. The molecule has 3 nitrogen and oxygen atoms in total. The van der Waals surface area contributed by atoms with Crippen molar-refractivity contribution in [1.82, 2.24) is 0 Å². The minimum atomic E-state index is -1.08. The van der Waals surface area contributed by atoms with Crippen molar-refractivity contribution in [3.63, 3.8) is 0 Å². The molecule has 0 aliphatic heterocycles. The minimum Gasteiger partial charge on any atom is -0.475 e. The minimum absolute atomic E-state index is 0.0786. The number of aromatic carboxylic acids is 1. The molecule has 0 saturated heterocycles. The van der Waals surface area contributed by atoms with Crippen molar-refractivity contribution in [2.75, 3.05) is 0 Å². The van der Waals surface area contributed by atoms with Gasteiger partial charge in [-0.15, -0.1) is 0 Å². The van der Waals surface area contributed by atoms with Gasteiger partial charge in [-0.25, -0.2) is 4.79 Å². The van der Waals surface area contributed by atoms with Gasteiger partial charge in [-0.1, -0.05) is 29.3 Å². The Hall–Kier alpha value is -1.45. The summed E-state index contributed by atoms with van der Waals surface area (Å²) in [7, 11) is 0. The van der Waals surface area contributed by atoms with Crippen LogP contribution in [0.3, 0.4) is 0 Å². The quantitative estimate of drug-likeness (QED) is 0.921. The van der Waals surface area contributed by atoms with Crippen LogP contribution in [0.25, 0.3) is 0 Å². The Labute approximate surface area is 108 Å². The third-order valence-electron chi connectivity index (χ3n) is 2.25. The largest absolute Gasteiger partial charge is 0.475 e. The standard InChI is InChI=1S/C12H8Cl2O3/c13-8-2-1-7(10(14)6-8)5-9-3-4-11(17-9)12(15)16/h1-4,6H,5H2,(H,15,16). The first-order chi connectivity index (χ1) is 8.06. The summed E-state index contributed by atoms with van der Waals surface area (Å²) in [6.45, 7) is 0. The molecule has 2 aromatic rings. The van der Waals surface area contributed by atoms with Crippen molar-refractivity contribution < 1.29 is 14.3 Å². The second-order valence-corrected chi connectivity index (χ2v) is 4.33. The summed E-state index contributed by atoms with van der Waals surface area (Å²) in [4.78, 5) is 10.6. The topological polar surface area (TPSA) is 50.4 Å². The van der Waals surface area contributed by atoms with E-state index < -0.39 is 5.97 Å². The van der Waals surface area contributed by atoms with Gasteiger partial charge >= 0.3 is 5.97 Å². The lowest BCUT2D eigenvalue weighted by molar-refractivity contribution is 0.0660. The highest BCUT2D eigenvalue weighted by Crippen LogP contribution is 2.24. The first kappa shape index (κ1) is 12.0. The summed E-state index contributed by atoms with van der Waals surface area (Å²) < 4.78 is 5.14. The number of benzene rings is 1. The average Bonchev–Trinajstić information content (AvgIpc) is 2.71. The lowest BCUT2D eigenvalue weighted by atomic mass is 10.1. The van der Waals surface area contributed by atoms with Crippen LogP contribution in [-0.4, -0.2) is 11.1 Å². The van der Waals surface area contributed by atoms with Gasteiger partial charge in [0.15, 0.2) is 0 Å². The zero-order valence-electron chi connectivity index (χ0n) is 8.61. The molecular weight excluding hydrogens is 263 g/mol. The molecule has 0 radical (unpaired) electrons. The normalized spacial score (nSPS) is 10.5. The molecule has 0 atom stereocenters. The summed E-state index contributed by atoms with van der Waals surface area (Å²) in [6.07, 6.45) is 0.434. The Morgan fingerprint density at radius 2 is 2.00 bits per heavy atom. The van der Waals surface area contributed by atoms with Gasteiger partial charge in [0.25, 0.3) is 0 Å². The Morgan fingerprint density at radius 3 is 2.59 bits per heavy atom. The molecule has 88 valence electrons. The van der Waals surface area contributed by atoms with Gasteiger partial charge in [0.2, 0.25) is 5.76 Å². The summed E-state index contributed by atoms with van der Waals surface area (Å²) >= 11 is 11.8. The lowest BCUT2D eigenvalue weighted by Gasteiger charge is -2.02. The number of carboxylic acids is 1. The van der Waals surface area contributed by atoms with Crippen LogP contribution in [0.1, 0.15) is 21.9 Å². The van der Waals surface area contributed by atoms with E-state index in [9.17, 15) is 4.79 Å². The van der Waals surface area contributed by atoms with Crippen LogP contribution in [0, 0.1) is 0 Å². The number of carboxylic acid groups (broad SMARTS) is 1. The molecule has 2 rings (SSSR count). The van der Waals surface area contributed by atoms with Crippen LogP contribution in [0.15, 0.2) is 34.7 Å². The molecule has 17 heavy (non-hydrogen) atoms. The third kappa shape index (κ3) is 2.81. The van der Waals surface area contributed by atoms with Crippen LogP contribution in [0.4, 0.5) is 0 Å². The second kappa shape index (κ2) is 4.82. The number of halogens is 2. The SMILES string of the molecule is O=C(O)c1ccc(Cc2ccc(Cl)cc2Cl)o1. The maximum Gasteiger partial charge on any atom is 0.371 e. The molecule has 0 bridgehead atoms. The lowest BCUT2D eigenvalue weighted by Crippen LogP contribution is -1.92. The van der Waals surface area contributed by atoms with E-state index in [1.165, 1.54) is 6.07 Å². The van der Waals surface area contributed by atoms with E-state index in [1.54, 1.807) is 24.3 Å². The summed E-state index contributed by atoms with van der Waals surface area (Å²) in [5, 5.41) is 9.81. The predicted octanol–water partition coefficient (Wildman–Crippen LogP) is 3.88. The Kier molecular flexibility index (Phi) is 3.41. The van der Waals surface area contributed by atoms with E-state index >= 15 is 0 Å². The number of hydrogen-bond donors (Lipinski definition) is 1. The zero-order chi connectivity index (χ0) is 12.4. The van der Waals surface area contributed by atoms with E-state index in [0.717, 1.165) is 5.56 Å². The van der Waals surface area contributed by atoms with Crippen molar-refractivity contribution in [3.05, 3.63) is 57.5 Å². The molecule has 0 aliphatic rings. The zero-order valence-corrected chi connectivity index (χ0v) is 10.1. The molecule has 0 amide bonds. The fourth-order valence-electron chi connectivity index (χ4n) is 1.44. The Morgan fingerprint density at radius 1 is 1.24 bits per heavy atom. The molecule has 1 aromatic heterocycles. The highest BCUT2D eigenvalue weighted by atomic mass is 35.5. The van der Waals surface area contributed by atoms with E-state index in [2.05, 4.69) is 0 Å². The van der Waals surface area contributed by atoms with E-state index in [0.29, 0.717) is 22.2 Å². The molecule has 5 heteroatoms. The molecule has 1 heterocycles. The van der Waals surface area contributed by atoms with E-state index in [1.807, 2.05) is 0 Å². The number of hydrogen-bond acceptors (Lipinski definition) is 2. The van der Waals surface area contributed by atoms with Crippen LogP contribution < -0.4 is 0 Å². The van der Waals surface area contributed by atoms with Crippen molar-refractivity contribution in [1.29, 1.82) is 0 Å². The fourth-order valence-corrected chi connectivity index (χ4v) is 1.92.